The molecule has 2 rings (SSSR count). The number of hydrogen-bond acceptors (Lipinski definition) is 3. The van der Waals surface area contributed by atoms with Crippen LogP contribution in [0.25, 0.3) is 0 Å². The second kappa shape index (κ2) is 8.20. The summed E-state index contributed by atoms with van der Waals surface area (Å²) in [6.45, 7) is 8.14. The molecule has 0 aliphatic carbocycles. The van der Waals surface area contributed by atoms with Crippen molar-refractivity contribution in [3.63, 3.8) is 0 Å². The average molecular weight is 303 g/mol. The van der Waals surface area contributed by atoms with Crippen molar-refractivity contribution < 1.29 is 4.74 Å². The van der Waals surface area contributed by atoms with Gasteiger partial charge in [-0.2, -0.15) is 0 Å². The highest BCUT2D eigenvalue weighted by atomic mass is 32.1. The van der Waals surface area contributed by atoms with Crippen LogP contribution < -0.4 is 10.1 Å². The van der Waals surface area contributed by atoms with E-state index in [9.17, 15) is 0 Å². The second-order valence-corrected chi connectivity index (χ2v) is 6.22. The molecule has 1 atom stereocenters. The molecule has 1 aromatic heterocycles. The molecule has 0 fully saturated rings. The summed E-state index contributed by atoms with van der Waals surface area (Å²) in [6, 6.07) is 13.1. The summed E-state index contributed by atoms with van der Waals surface area (Å²) in [5, 5.41) is 3.67. The summed E-state index contributed by atoms with van der Waals surface area (Å²) in [4.78, 5) is 2.80. The number of thiophene rings is 1. The van der Waals surface area contributed by atoms with Crippen molar-refractivity contribution in [3.8, 4) is 5.75 Å². The molecule has 1 heterocycles. The second-order valence-electron chi connectivity index (χ2n) is 5.02. The number of benzene rings is 1. The smallest absolute Gasteiger partial charge is 0.124 e. The lowest BCUT2D eigenvalue weighted by Gasteiger charge is -2.20. The highest BCUT2D eigenvalue weighted by Gasteiger charge is 2.19. The van der Waals surface area contributed by atoms with Crippen LogP contribution in [0.4, 0.5) is 0 Å². The Balaban J connectivity index is 2.35. The van der Waals surface area contributed by atoms with Crippen LogP contribution in [-0.4, -0.2) is 13.2 Å². The third-order valence-corrected chi connectivity index (χ3v) is 4.74. The molecule has 2 nitrogen and oxygen atoms in total. The minimum Gasteiger partial charge on any atom is -0.494 e. The van der Waals surface area contributed by atoms with E-state index in [1.807, 2.05) is 24.3 Å². The maximum Gasteiger partial charge on any atom is 0.124 e. The van der Waals surface area contributed by atoms with E-state index in [4.69, 9.17) is 4.74 Å². The van der Waals surface area contributed by atoms with Gasteiger partial charge in [0.15, 0.2) is 0 Å². The van der Waals surface area contributed by atoms with Gasteiger partial charge in [-0.05, 0) is 44.5 Å². The summed E-state index contributed by atoms with van der Waals surface area (Å²) in [5.74, 6) is 0.986. The molecule has 3 heteroatoms. The fourth-order valence-corrected chi connectivity index (χ4v) is 3.45. The molecule has 0 radical (unpaired) electrons. The van der Waals surface area contributed by atoms with E-state index in [1.165, 1.54) is 15.3 Å². The van der Waals surface area contributed by atoms with E-state index in [0.717, 1.165) is 25.1 Å². The van der Waals surface area contributed by atoms with Crippen molar-refractivity contribution in [2.24, 2.45) is 0 Å². The van der Waals surface area contributed by atoms with E-state index >= 15 is 0 Å². The van der Waals surface area contributed by atoms with Gasteiger partial charge in [0.1, 0.15) is 5.75 Å². The standard InChI is InChI=1S/C18H25NOS/c1-4-13-19-18(17-12-11-14(5-2)21-17)15-9-7-8-10-16(15)20-6-3/h7-12,18-19H,4-6,13H2,1-3H3. The number of aryl methyl sites for hydroxylation is 1. The van der Waals surface area contributed by atoms with Gasteiger partial charge in [-0.1, -0.05) is 32.0 Å². The fourth-order valence-electron chi connectivity index (χ4n) is 2.40. The zero-order chi connectivity index (χ0) is 15.1. The molecule has 1 unspecified atom stereocenters. The van der Waals surface area contributed by atoms with Crippen LogP contribution in [0, 0.1) is 0 Å². The number of nitrogens with one attached hydrogen (secondary N) is 1. The topological polar surface area (TPSA) is 21.3 Å². The summed E-state index contributed by atoms with van der Waals surface area (Å²) < 4.78 is 5.82. The largest absolute Gasteiger partial charge is 0.494 e. The Morgan fingerprint density at radius 3 is 2.57 bits per heavy atom. The first-order valence-corrected chi connectivity index (χ1v) is 8.65. The van der Waals surface area contributed by atoms with Crippen LogP contribution in [0.2, 0.25) is 0 Å². The Labute approximate surface area is 132 Å². The number of ether oxygens (including phenoxy) is 1. The lowest BCUT2D eigenvalue weighted by molar-refractivity contribution is 0.333. The molecule has 0 aliphatic heterocycles. The molecule has 21 heavy (non-hydrogen) atoms. The van der Waals surface area contributed by atoms with Gasteiger partial charge >= 0.3 is 0 Å². The zero-order valence-electron chi connectivity index (χ0n) is 13.2. The molecule has 0 saturated heterocycles. The van der Waals surface area contributed by atoms with E-state index in [1.54, 1.807) is 0 Å². The summed E-state index contributed by atoms with van der Waals surface area (Å²) in [6.07, 6.45) is 2.22. The van der Waals surface area contributed by atoms with Crippen molar-refractivity contribution in [1.29, 1.82) is 0 Å². The predicted molar refractivity (Wildman–Crippen MR) is 91.4 cm³/mol. The summed E-state index contributed by atoms with van der Waals surface area (Å²) in [7, 11) is 0. The number of rotatable bonds is 8. The Morgan fingerprint density at radius 1 is 1.10 bits per heavy atom. The van der Waals surface area contributed by atoms with E-state index in [-0.39, 0.29) is 6.04 Å². The molecular formula is C18H25NOS. The quantitative estimate of drug-likeness (QED) is 0.756. The third-order valence-electron chi connectivity index (χ3n) is 3.44. The molecule has 1 N–H and O–H groups in total. The predicted octanol–water partition coefficient (Wildman–Crippen LogP) is 4.80. The van der Waals surface area contributed by atoms with Gasteiger partial charge in [0.2, 0.25) is 0 Å². The first kappa shape index (κ1) is 16.1. The van der Waals surface area contributed by atoms with Gasteiger partial charge in [0, 0.05) is 15.3 Å². The Bertz CT molecular complexity index is 550. The number of hydrogen-bond donors (Lipinski definition) is 1. The Morgan fingerprint density at radius 2 is 1.90 bits per heavy atom. The van der Waals surface area contributed by atoms with Crippen LogP contribution >= 0.6 is 11.3 Å². The lowest BCUT2D eigenvalue weighted by Crippen LogP contribution is -2.23. The van der Waals surface area contributed by atoms with E-state index in [2.05, 4.69) is 49.5 Å². The maximum absolute atomic E-state index is 5.82. The van der Waals surface area contributed by atoms with Crippen LogP contribution in [0.1, 0.15) is 48.6 Å². The van der Waals surface area contributed by atoms with E-state index in [0.29, 0.717) is 6.61 Å². The maximum atomic E-state index is 5.82. The number of para-hydroxylation sites is 1. The highest BCUT2D eigenvalue weighted by Crippen LogP contribution is 2.34. The molecule has 1 aromatic carbocycles. The molecule has 0 saturated carbocycles. The first-order valence-electron chi connectivity index (χ1n) is 7.83. The minimum absolute atomic E-state index is 0.220. The summed E-state index contributed by atoms with van der Waals surface area (Å²) >= 11 is 1.89. The van der Waals surface area contributed by atoms with Gasteiger partial charge < -0.3 is 10.1 Å². The van der Waals surface area contributed by atoms with Crippen molar-refractivity contribution in [3.05, 3.63) is 51.7 Å². The molecular weight excluding hydrogens is 278 g/mol. The third kappa shape index (κ3) is 4.08. The van der Waals surface area contributed by atoms with Crippen LogP contribution in [-0.2, 0) is 6.42 Å². The molecule has 0 bridgehead atoms. The van der Waals surface area contributed by atoms with Gasteiger partial charge in [0.25, 0.3) is 0 Å². The lowest BCUT2D eigenvalue weighted by atomic mass is 10.0. The minimum atomic E-state index is 0.220. The fraction of sp³-hybridized carbons (Fsp3) is 0.444. The monoisotopic (exact) mass is 303 g/mol. The first-order chi connectivity index (χ1) is 10.3. The van der Waals surface area contributed by atoms with Crippen LogP contribution in [0.5, 0.6) is 5.75 Å². The van der Waals surface area contributed by atoms with Gasteiger partial charge in [-0.3, -0.25) is 0 Å². The van der Waals surface area contributed by atoms with Crippen molar-refractivity contribution >= 4 is 11.3 Å². The molecule has 0 spiro atoms. The zero-order valence-corrected chi connectivity index (χ0v) is 14.0. The molecule has 2 aromatic rings. The van der Waals surface area contributed by atoms with Crippen molar-refractivity contribution in [2.45, 2.75) is 39.7 Å². The summed E-state index contributed by atoms with van der Waals surface area (Å²) in [5.41, 5.74) is 1.23. The molecule has 0 amide bonds. The van der Waals surface area contributed by atoms with Gasteiger partial charge in [0.05, 0.1) is 12.6 Å². The SMILES string of the molecule is CCCNC(c1ccc(CC)s1)c1ccccc1OCC. The van der Waals surface area contributed by atoms with Gasteiger partial charge in [-0.25, -0.2) is 0 Å². The normalized spacial score (nSPS) is 12.3. The Hall–Kier alpha value is -1.32. The molecule has 0 aliphatic rings. The van der Waals surface area contributed by atoms with Gasteiger partial charge in [-0.15, -0.1) is 11.3 Å². The van der Waals surface area contributed by atoms with E-state index < -0.39 is 0 Å². The van der Waals surface area contributed by atoms with Crippen LogP contribution in [0.3, 0.4) is 0 Å². The van der Waals surface area contributed by atoms with Crippen molar-refractivity contribution in [1.82, 2.24) is 5.32 Å². The average Bonchev–Trinajstić information content (AvgIpc) is 2.98. The highest BCUT2D eigenvalue weighted by molar-refractivity contribution is 7.12. The Kier molecular flexibility index (Phi) is 6.27. The molecule has 114 valence electrons. The van der Waals surface area contributed by atoms with Crippen LogP contribution in [0.15, 0.2) is 36.4 Å². The van der Waals surface area contributed by atoms with Crippen molar-refractivity contribution in [2.75, 3.05) is 13.2 Å².